The molecule has 1 heterocycles. The second kappa shape index (κ2) is 10.7. The van der Waals surface area contributed by atoms with Crippen LogP contribution in [0.1, 0.15) is 37.5 Å². The summed E-state index contributed by atoms with van der Waals surface area (Å²) in [4.78, 5) is 44.5. The number of terminal acetylenes is 1. The number of carbonyl (C=O) groups is 1. The minimum Gasteiger partial charge on any atom is -0.491 e. The first-order valence-electron chi connectivity index (χ1n) is 11.1. The molecule has 3 rings (SSSR count). The average Bonchev–Trinajstić information content (AvgIpc) is 2.81. The highest BCUT2D eigenvalue weighted by Crippen LogP contribution is 2.24. The normalized spacial score (nSPS) is 12.4. The van der Waals surface area contributed by atoms with E-state index in [1.807, 2.05) is 20.8 Å². The summed E-state index contributed by atoms with van der Waals surface area (Å²) in [6, 6.07) is 12.4. The molecule has 0 radical (unpaired) electrons. The zero-order valence-corrected chi connectivity index (χ0v) is 20.1. The van der Waals surface area contributed by atoms with E-state index in [-0.39, 0.29) is 24.8 Å². The number of hydrogen-bond donors (Lipinski definition) is 2. The Labute approximate surface area is 202 Å². The molecule has 0 spiro atoms. The third-order valence-corrected chi connectivity index (χ3v) is 5.28. The van der Waals surface area contributed by atoms with Gasteiger partial charge in [-0.25, -0.2) is 19.1 Å². The molecule has 2 N–H and O–H groups in total. The zero-order chi connectivity index (χ0) is 25.7. The van der Waals surface area contributed by atoms with Gasteiger partial charge in [-0.15, -0.1) is 6.42 Å². The van der Waals surface area contributed by atoms with Gasteiger partial charge in [0.2, 0.25) is 5.62 Å². The molecule has 1 atom stereocenters. The van der Waals surface area contributed by atoms with E-state index in [0.717, 1.165) is 15.7 Å². The molecule has 9 nitrogen and oxygen atoms in total. The molecule has 1 aromatic heterocycles. The number of carboxylic acid groups (broad SMARTS) is 1. The number of aryl methyl sites for hydroxylation is 1. The lowest BCUT2D eigenvalue weighted by atomic mass is 10.1. The first kappa shape index (κ1) is 25.3. The Bertz CT molecular complexity index is 1450. The number of nitrogens with one attached hydrogen (secondary N) is 1. The maximum absolute atomic E-state index is 13.3. The highest BCUT2D eigenvalue weighted by atomic mass is 16.5. The standard InChI is InChI=1S/C26H28N4O5/c1-6-19-7-9-20(10-8-19)15-29-24(27-21-11-12-22(17(4)13-21)35-16(2)3)28-25(33)30(26(29)34)14-18(5)23(31)32/h1,7-13,16,18H,14-15H2,2-5H3,(H,31,32)(H,27,28,33)/t18-/m0/s1. The van der Waals surface area contributed by atoms with Crippen LogP contribution in [0.15, 0.2) is 57.0 Å². The Morgan fingerprint density at radius 1 is 1.14 bits per heavy atom. The lowest BCUT2D eigenvalue weighted by molar-refractivity contribution is -0.141. The van der Waals surface area contributed by atoms with Crippen LogP contribution < -0.4 is 21.7 Å². The topological polar surface area (TPSA) is 119 Å². The molecule has 2 aromatic carbocycles. The van der Waals surface area contributed by atoms with Gasteiger partial charge in [-0.3, -0.25) is 14.3 Å². The highest BCUT2D eigenvalue weighted by Gasteiger charge is 2.17. The van der Waals surface area contributed by atoms with E-state index >= 15 is 0 Å². The Hall–Kier alpha value is -4.32. The number of aromatic nitrogens is 3. The Morgan fingerprint density at radius 3 is 2.40 bits per heavy atom. The van der Waals surface area contributed by atoms with Crippen LogP contribution in [0.25, 0.3) is 0 Å². The number of carboxylic acids is 1. The van der Waals surface area contributed by atoms with Crippen LogP contribution in [-0.2, 0) is 17.9 Å². The smallest absolute Gasteiger partial charge is 0.335 e. The predicted molar refractivity (Wildman–Crippen MR) is 132 cm³/mol. The van der Waals surface area contributed by atoms with E-state index in [4.69, 9.17) is 11.2 Å². The van der Waals surface area contributed by atoms with E-state index < -0.39 is 23.3 Å². The summed E-state index contributed by atoms with van der Waals surface area (Å²) in [7, 11) is 0. The molecular weight excluding hydrogens is 448 g/mol. The van der Waals surface area contributed by atoms with Crippen LogP contribution in [0.5, 0.6) is 5.75 Å². The quantitative estimate of drug-likeness (QED) is 0.484. The van der Waals surface area contributed by atoms with E-state index in [0.29, 0.717) is 17.0 Å². The monoisotopic (exact) mass is 476 g/mol. The molecular formula is C26H28N4O5. The molecule has 0 saturated carbocycles. The van der Waals surface area contributed by atoms with Crippen molar-refractivity contribution in [3.63, 3.8) is 0 Å². The Kier molecular flexibility index (Phi) is 7.76. The Balaban J connectivity index is 2.16. The molecule has 0 aliphatic heterocycles. The van der Waals surface area contributed by atoms with Crippen molar-refractivity contribution in [2.24, 2.45) is 10.9 Å². The summed E-state index contributed by atoms with van der Waals surface area (Å²) >= 11 is 0. The maximum Gasteiger partial charge on any atom is 0.335 e. The van der Waals surface area contributed by atoms with Crippen LogP contribution in [0.2, 0.25) is 0 Å². The lowest BCUT2D eigenvalue weighted by Crippen LogP contribution is -2.51. The van der Waals surface area contributed by atoms with E-state index in [2.05, 4.69) is 15.9 Å². The van der Waals surface area contributed by atoms with Crippen molar-refractivity contribution in [3.05, 3.63) is 85.7 Å². The first-order valence-corrected chi connectivity index (χ1v) is 11.1. The summed E-state index contributed by atoms with van der Waals surface area (Å²) in [6.45, 7) is 6.99. The second-order valence-electron chi connectivity index (χ2n) is 8.54. The molecule has 35 heavy (non-hydrogen) atoms. The minimum atomic E-state index is -1.11. The molecule has 3 aromatic rings. The number of ether oxygens (including phenoxy) is 1. The summed E-state index contributed by atoms with van der Waals surface area (Å²) < 4.78 is 7.94. The van der Waals surface area contributed by atoms with E-state index in [1.54, 1.807) is 42.5 Å². The van der Waals surface area contributed by atoms with Gasteiger partial charge in [0.15, 0.2) is 0 Å². The number of H-pyrrole nitrogens is 1. The van der Waals surface area contributed by atoms with Gasteiger partial charge in [0, 0.05) is 12.1 Å². The van der Waals surface area contributed by atoms with Gasteiger partial charge in [0.05, 0.1) is 24.3 Å². The van der Waals surface area contributed by atoms with Crippen molar-refractivity contribution in [1.29, 1.82) is 0 Å². The van der Waals surface area contributed by atoms with E-state index in [1.165, 1.54) is 11.5 Å². The predicted octanol–water partition coefficient (Wildman–Crippen LogP) is 2.42. The number of aromatic amines is 1. The van der Waals surface area contributed by atoms with Crippen molar-refractivity contribution in [1.82, 2.24) is 14.1 Å². The summed E-state index contributed by atoms with van der Waals surface area (Å²) in [5.74, 6) is 1.21. The van der Waals surface area contributed by atoms with Gasteiger partial charge in [0.25, 0.3) is 0 Å². The molecule has 0 aliphatic carbocycles. The molecule has 0 fully saturated rings. The molecule has 0 saturated heterocycles. The van der Waals surface area contributed by atoms with Gasteiger partial charge in [-0.1, -0.05) is 25.0 Å². The molecule has 0 bridgehead atoms. The fraction of sp³-hybridized carbons (Fsp3) is 0.308. The molecule has 182 valence electrons. The van der Waals surface area contributed by atoms with Crippen molar-refractivity contribution in [2.45, 2.75) is 46.9 Å². The van der Waals surface area contributed by atoms with Gasteiger partial charge >= 0.3 is 17.3 Å². The third-order valence-electron chi connectivity index (χ3n) is 5.28. The van der Waals surface area contributed by atoms with Crippen molar-refractivity contribution < 1.29 is 14.6 Å². The zero-order valence-electron chi connectivity index (χ0n) is 20.1. The van der Waals surface area contributed by atoms with Gasteiger partial charge in [0.1, 0.15) is 5.75 Å². The van der Waals surface area contributed by atoms with Crippen molar-refractivity contribution in [2.75, 3.05) is 0 Å². The minimum absolute atomic E-state index is 0.0108. The van der Waals surface area contributed by atoms with Crippen LogP contribution in [-0.4, -0.2) is 31.3 Å². The SMILES string of the molecule is C#Cc1ccc(Cn2c(=O)n(C[C@H](C)C(=O)O)c(=O)[nH]/c2=N\c2ccc(OC(C)C)c(C)c2)cc1. The van der Waals surface area contributed by atoms with Crippen LogP contribution >= 0.6 is 0 Å². The van der Waals surface area contributed by atoms with E-state index in [9.17, 15) is 19.5 Å². The largest absolute Gasteiger partial charge is 0.491 e. The maximum atomic E-state index is 13.3. The van der Waals surface area contributed by atoms with Crippen LogP contribution in [0, 0.1) is 25.2 Å². The number of nitrogens with zero attached hydrogens (tertiary/aromatic N) is 3. The number of aliphatic carboxylic acids is 1. The summed E-state index contributed by atoms with van der Waals surface area (Å²) in [6.07, 6.45) is 5.43. The van der Waals surface area contributed by atoms with Crippen LogP contribution in [0.3, 0.4) is 0 Å². The third kappa shape index (κ3) is 6.18. The number of benzene rings is 2. The van der Waals surface area contributed by atoms with Gasteiger partial charge in [-0.05, 0) is 62.2 Å². The fourth-order valence-corrected chi connectivity index (χ4v) is 3.40. The Morgan fingerprint density at radius 2 is 1.83 bits per heavy atom. The van der Waals surface area contributed by atoms with Crippen LogP contribution in [0.4, 0.5) is 5.69 Å². The second-order valence-corrected chi connectivity index (χ2v) is 8.54. The molecule has 9 heteroatoms. The lowest BCUT2D eigenvalue weighted by Gasteiger charge is -2.14. The first-order chi connectivity index (χ1) is 16.6. The fourth-order valence-electron chi connectivity index (χ4n) is 3.40. The summed E-state index contributed by atoms with van der Waals surface area (Å²) in [5, 5.41) is 9.25. The van der Waals surface area contributed by atoms with Crippen molar-refractivity contribution >= 4 is 11.7 Å². The summed E-state index contributed by atoms with van der Waals surface area (Å²) in [5.41, 5.74) is 1.44. The molecule has 0 amide bonds. The van der Waals surface area contributed by atoms with Crippen molar-refractivity contribution in [3.8, 4) is 18.1 Å². The van der Waals surface area contributed by atoms with Gasteiger partial charge in [-0.2, -0.15) is 0 Å². The molecule has 0 unspecified atom stereocenters. The number of rotatable bonds is 8. The average molecular weight is 477 g/mol. The highest BCUT2D eigenvalue weighted by molar-refractivity contribution is 5.69. The number of hydrogen-bond acceptors (Lipinski definition) is 5. The molecule has 0 aliphatic rings. The van der Waals surface area contributed by atoms with Gasteiger partial charge < -0.3 is 9.84 Å².